The van der Waals surface area contributed by atoms with Crippen LogP contribution in [0.1, 0.15) is 34.2 Å². The van der Waals surface area contributed by atoms with Crippen molar-refractivity contribution in [3.63, 3.8) is 0 Å². The van der Waals surface area contributed by atoms with Gasteiger partial charge < -0.3 is 9.64 Å². The van der Waals surface area contributed by atoms with E-state index in [1.807, 2.05) is 52.1 Å². The van der Waals surface area contributed by atoms with Crippen LogP contribution in [0, 0.1) is 5.92 Å². The second kappa shape index (κ2) is 10.1. The number of rotatable bonds is 9. The van der Waals surface area contributed by atoms with Gasteiger partial charge in [-0.1, -0.05) is 19.9 Å². The molecule has 28 heavy (non-hydrogen) atoms. The summed E-state index contributed by atoms with van der Waals surface area (Å²) >= 11 is 4.76. The Labute approximate surface area is 178 Å². The van der Waals surface area contributed by atoms with Crippen molar-refractivity contribution in [3.8, 4) is 5.75 Å². The van der Waals surface area contributed by atoms with Crippen molar-refractivity contribution in [3.05, 3.63) is 62.7 Å². The SMILES string of the molecule is CSc1ccc(OCc2nc(CN(CC(C)C)C(=O)c3cccs3)cs2)cc1. The number of thioether (sulfide) groups is 1. The lowest BCUT2D eigenvalue weighted by atomic mass is 10.2. The van der Waals surface area contributed by atoms with Gasteiger partial charge in [0.15, 0.2) is 0 Å². The Hall–Kier alpha value is -1.83. The molecule has 0 spiro atoms. The average Bonchev–Trinajstić information content (AvgIpc) is 3.37. The number of ether oxygens (including phenoxy) is 1. The number of carbonyl (C=O) groups is 1. The summed E-state index contributed by atoms with van der Waals surface area (Å²) in [6, 6.07) is 11.8. The highest BCUT2D eigenvalue weighted by atomic mass is 32.2. The van der Waals surface area contributed by atoms with Crippen molar-refractivity contribution in [2.45, 2.75) is 31.9 Å². The maximum absolute atomic E-state index is 12.8. The summed E-state index contributed by atoms with van der Waals surface area (Å²) in [4.78, 5) is 21.3. The number of carbonyl (C=O) groups excluding carboxylic acids is 1. The van der Waals surface area contributed by atoms with Gasteiger partial charge in [0, 0.05) is 16.8 Å². The number of benzene rings is 1. The molecule has 2 heterocycles. The number of thiophene rings is 1. The Morgan fingerprint density at radius 2 is 2.00 bits per heavy atom. The molecule has 148 valence electrons. The predicted molar refractivity (Wildman–Crippen MR) is 119 cm³/mol. The van der Waals surface area contributed by atoms with Crippen LogP contribution in [0.15, 0.2) is 52.1 Å². The highest BCUT2D eigenvalue weighted by Crippen LogP contribution is 2.21. The third-order valence-corrected chi connectivity index (χ3v) is 6.45. The quantitative estimate of drug-likeness (QED) is 0.401. The van der Waals surface area contributed by atoms with Crippen LogP contribution < -0.4 is 4.74 Å². The Balaban J connectivity index is 1.61. The maximum Gasteiger partial charge on any atom is 0.264 e. The van der Waals surface area contributed by atoms with Crippen LogP contribution in [0.25, 0.3) is 0 Å². The van der Waals surface area contributed by atoms with E-state index in [2.05, 4.69) is 25.1 Å². The topological polar surface area (TPSA) is 42.4 Å². The smallest absolute Gasteiger partial charge is 0.264 e. The first kappa shape index (κ1) is 20.9. The molecule has 0 fully saturated rings. The molecule has 0 aliphatic carbocycles. The molecule has 3 aromatic rings. The fourth-order valence-corrected chi connectivity index (χ4v) is 4.51. The molecule has 0 saturated carbocycles. The standard InChI is InChI=1S/C21H24N2O2S3/c1-15(2)11-23(21(24)19-5-4-10-27-19)12-16-14-28-20(22-16)13-25-17-6-8-18(26-3)9-7-17/h4-10,14-15H,11-13H2,1-3H3. The highest BCUT2D eigenvalue weighted by molar-refractivity contribution is 7.98. The largest absolute Gasteiger partial charge is 0.486 e. The Bertz CT molecular complexity index is 873. The van der Waals surface area contributed by atoms with E-state index in [0.717, 1.165) is 21.3 Å². The molecule has 0 radical (unpaired) electrons. The van der Waals surface area contributed by atoms with Crippen LogP contribution in [0.4, 0.5) is 0 Å². The zero-order valence-electron chi connectivity index (χ0n) is 16.3. The molecular weight excluding hydrogens is 408 g/mol. The second-order valence-electron chi connectivity index (χ2n) is 6.75. The lowest BCUT2D eigenvalue weighted by Gasteiger charge is -2.23. The van der Waals surface area contributed by atoms with Crippen molar-refractivity contribution in [2.75, 3.05) is 12.8 Å². The molecule has 3 rings (SSSR count). The first-order valence-electron chi connectivity index (χ1n) is 9.08. The lowest BCUT2D eigenvalue weighted by molar-refractivity contribution is 0.0725. The number of hydrogen-bond donors (Lipinski definition) is 0. The fourth-order valence-electron chi connectivity index (χ4n) is 2.72. The molecular formula is C21H24N2O2S3. The van der Waals surface area contributed by atoms with Gasteiger partial charge in [0.05, 0.1) is 17.1 Å². The lowest BCUT2D eigenvalue weighted by Crippen LogP contribution is -2.33. The van der Waals surface area contributed by atoms with Gasteiger partial charge in [-0.25, -0.2) is 4.98 Å². The van der Waals surface area contributed by atoms with Crippen molar-refractivity contribution in [1.82, 2.24) is 9.88 Å². The van der Waals surface area contributed by atoms with Crippen LogP contribution >= 0.6 is 34.4 Å². The average molecular weight is 433 g/mol. The van der Waals surface area contributed by atoms with Gasteiger partial charge in [0.25, 0.3) is 5.91 Å². The monoisotopic (exact) mass is 432 g/mol. The molecule has 2 aromatic heterocycles. The number of thiazole rings is 1. The highest BCUT2D eigenvalue weighted by Gasteiger charge is 2.19. The van der Waals surface area contributed by atoms with Crippen molar-refractivity contribution in [2.24, 2.45) is 5.92 Å². The molecule has 7 heteroatoms. The number of amides is 1. The molecule has 0 bridgehead atoms. The molecule has 0 N–H and O–H groups in total. The summed E-state index contributed by atoms with van der Waals surface area (Å²) in [7, 11) is 0. The molecule has 0 aliphatic rings. The van der Waals surface area contributed by atoms with E-state index in [4.69, 9.17) is 4.74 Å². The number of nitrogens with zero attached hydrogens (tertiary/aromatic N) is 2. The van der Waals surface area contributed by atoms with Gasteiger partial charge in [0.2, 0.25) is 0 Å². The van der Waals surface area contributed by atoms with E-state index < -0.39 is 0 Å². The van der Waals surface area contributed by atoms with Gasteiger partial charge in [-0.3, -0.25) is 4.79 Å². The maximum atomic E-state index is 12.8. The molecule has 1 aromatic carbocycles. The van der Waals surface area contributed by atoms with E-state index >= 15 is 0 Å². The Kier molecular flexibility index (Phi) is 7.53. The molecule has 0 aliphatic heterocycles. The van der Waals surface area contributed by atoms with Crippen molar-refractivity contribution < 1.29 is 9.53 Å². The molecule has 0 unspecified atom stereocenters. The van der Waals surface area contributed by atoms with E-state index in [1.54, 1.807) is 23.1 Å². The van der Waals surface area contributed by atoms with Crippen LogP contribution in [0.2, 0.25) is 0 Å². The molecule has 0 atom stereocenters. The van der Waals surface area contributed by atoms with E-state index in [1.165, 1.54) is 16.2 Å². The fraction of sp³-hybridized carbons (Fsp3) is 0.333. The second-order valence-corrected chi connectivity index (χ2v) is 9.52. The van der Waals surface area contributed by atoms with Crippen molar-refractivity contribution >= 4 is 40.3 Å². The Morgan fingerprint density at radius 1 is 1.21 bits per heavy atom. The van der Waals surface area contributed by atoms with Crippen LogP contribution in [-0.2, 0) is 13.2 Å². The molecule has 1 amide bonds. The summed E-state index contributed by atoms with van der Waals surface area (Å²) in [5.74, 6) is 1.31. The summed E-state index contributed by atoms with van der Waals surface area (Å²) in [6.45, 7) is 5.91. The summed E-state index contributed by atoms with van der Waals surface area (Å²) in [6.07, 6.45) is 2.05. The van der Waals surface area contributed by atoms with Gasteiger partial charge in [-0.15, -0.1) is 34.4 Å². The van der Waals surface area contributed by atoms with E-state index in [-0.39, 0.29) is 5.91 Å². The minimum Gasteiger partial charge on any atom is -0.486 e. The summed E-state index contributed by atoms with van der Waals surface area (Å²) < 4.78 is 5.84. The van der Waals surface area contributed by atoms with Crippen LogP contribution in [0.3, 0.4) is 0 Å². The minimum atomic E-state index is 0.0726. The van der Waals surface area contributed by atoms with Crippen LogP contribution in [-0.4, -0.2) is 28.6 Å². The van der Waals surface area contributed by atoms with Crippen molar-refractivity contribution in [1.29, 1.82) is 0 Å². The molecule has 0 saturated heterocycles. The predicted octanol–water partition coefficient (Wildman–Crippen LogP) is 5.80. The van der Waals surface area contributed by atoms with Gasteiger partial charge in [-0.2, -0.15) is 0 Å². The summed E-state index contributed by atoms with van der Waals surface area (Å²) in [5, 5.41) is 4.87. The van der Waals surface area contributed by atoms with Gasteiger partial charge in [0.1, 0.15) is 17.4 Å². The normalized spacial score (nSPS) is 11.0. The number of hydrogen-bond acceptors (Lipinski definition) is 6. The number of aromatic nitrogens is 1. The first-order valence-corrected chi connectivity index (χ1v) is 12.1. The third kappa shape index (κ3) is 5.83. The zero-order chi connectivity index (χ0) is 19.9. The third-order valence-electron chi connectivity index (χ3n) is 3.98. The van der Waals surface area contributed by atoms with E-state index in [0.29, 0.717) is 25.6 Å². The minimum absolute atomic E-state index is 0.0726. The first-order chi connectivity index (χ1) is 13.5. The molecule has 4 nitrogen and oxygen atoms in total. The zero-order valence-corrected chi connectivity index (χ0v) is 18.7. The Morgan fingerprint density at radius 3 is 2.64 bits per heavy atom. The van der Waals surface area contributed by atoms with Gasteiger partial charge >= 0.3 is 0 Å². The summed E-state index contributed by atoms with van der Waals surface area (Å²) in [5.41, 5.74) is 0.909. The van der Waals surface area contributed by atoms with Crippen LogP contribution in [0.5, 0.6) is 5.75 Å². The van der Waals surface area contributed by atoms with Gasteiger partial charge in [-0.05, 0) is 47.9 Å². The van der Waals surface area contributed by atoms with E-state index in [9.17, 15) is 4.79 Å².